The molecule has 0 bridgehead atoms. The number of carbonyl (C=O) groups excluding carboxylic acids is 1. The number of hydrogen-bond donors (Lipinski definition) is 4. The molecule has 0 unspecified atom stereocenters. The van der Waals surface area contributed by atoms with Crippen molar-refractivity contribution in [3.8, 4) is 22.8 Å². The topological polar surface area (TPSA) is 116 Å². The quantitative estimate of drug-likeness (QED) is 0.384. The summed E-state index contributed by atoms with van der Waals surface area (Å²) in [4.78, 5) is 29.2. The van der Waals surface area contributed by atoms with Crippen molar-refractivity contribution in [1.82, 2.24) is 20.2 Å². The first kappa shape index (κ1) is 23.9. The van der Waals surface area contributed by atoms with E-state index in [9.17, 15) is 14.7 Å². The van der Waals surface area contributed by atoms with Gasteiger partial charge in [-0.05, 0) is 62.2 Å². The molecule has 1 aliphatic rings. The van der Waals surface area contributed by atoms with Crippen LogP contribution in [0.4, 0.5) is 4.79 Å². The number of nitrogens with one attached hydrogen (secondary N) is 2. The van der Waals surface area contributed by atoms with Crippen LogP contribution < -0.4 is 10.6 Å². The number of amides is 2. The number of imidazole rings is 1. The first-order valence-electron chi connectivity index (χ1n) is 10.9. The van der Waals surface area contributed by atoms with Crippen LogP contribution in [0.1, 0.15) is 41.9 Å². The van der Waals surface area contributed by atoms with Crippen molar-refractivity contribution in [2.75, 3.05) is 0 Å². The fourth-order valence-electron chi connectivity index (χ4n) is 4.36. The second-order valence-electron chi connectivity index (χ2n) is 8.27. The average molecular weight is 503 g/mol. The lowest BCUT2D eigenvalue weighted by Gasteiger charge is -2.31. The summed E-state index contributed by atoms with van der Waals surface area (Å²) in [5.41, 5.74) is 2.05. The number of carboxylic acid groups (broad SMARTS) is 1. The predicted octanol–water partition coefficient (Wildman–Crippen LogP) is 5.17. The van der Waals surface area contributed by atoms with Crippen LogP contribution in [-0.4, -0.2) is 43.8 Å². The van der Waals surface area contributed by atoms with Gasteiger partial charge < -0.3 is 20.8 Å². The molecule has 10 heteroatoms. The van der Waals surface area contributed by atoms with Crippen molar-refractivity contribution in [3.05, 3.63) is 63.9 Å². The number of benzene rings is 2. The molecule has 2 amide bonds. The standard InChI is InChI=1S/C24H24Cl2N4O4/c1-13-21(23(32)27-19-4-2-3-5-20(19)28-24(33)34)29-22(17-11-6-14(25)12-18(17)26)30(13)15-7-9-16(31)10-8-15/h6-12,19-20,28,31H,2-5H2,1H3,(H,27,32)(H,33,34)/t19-,20+/m0/s1. The van der Waals surface area contributed by atoms with Gasteiger partial charge in [0.15, 0.2) is 0 Å². The summed E-state index contributed by atoms with van der Waals surface area (Å²) in [7, 11) is 0. The van der Waals surface area contributed by atoms with E-state index in [2.05, 4.69) is 15.6 Å². The SMILES string of the molecule is Cc1c(C(=O)N[C@H]2CCCC[C@H]2NC(=O)O)nc(-c2ccc(Cl)cc2Cl)n1-c1ccc(O)cc1. The van der Waals surface area contributed by atoms with Crippen LogP contribution in [0.15, 0.2) is 42.5 Å². The summed E-state index contributed by atoms with van der Waals surface area (Å²) < 4.78 is 1.79. The summed E-state index contributed by atoms with van der Waals surface area (Å²) in [5, 5.41) is 25.2. The maximum absolute atomic E-state index is 13.3. The van der Waals surface area contributed by atoms with Crippen LogP contribution >= 0.6 is 23.2 Å². The van der Waals surface area contributed by atoms with Crippen molar-refractivity contribution < 1.29 is 19.8 Å². The molecule has 0 spiro atoms. The Labute approximate surface area is 206 Å². The first-order valence-corrected chi connectivity index (χ1v) is 11.6. The van der Waals surface area contributed by atoms with Crippen molar-refractivity contribution in [3.63, 3.8) is 0 Å². The minimum Gasteiger partial charge on any atom is -0.508 e. The van der Waals surface area contributed by atoms with Gasteiger partial charge in [0.2, 0.25) is 0 Å². The Morgan fingerprint density at radius 1 is 1.03 bits per heavy atom. The highest BCUT2D eigenvalue weighted by Crippen LogP contribution is 2.33. The van der Waals surface area contributed by atoms with E-state index in [0.717, 1.165) is 12.8 Å². The smallest absolute Gasteiger partial charge is 0.404 e. The number of rotatable bonds is 5. The lowest BCUT2D eigenvalue weighted by molar-refractivity contribution is 0.0907. The van der Waals surface area contributed by atoms with Gasteiger partial charge >= 0.3 is 6.09 Å². The predicted molar refractivity (Wildman–Crippen MR) is 130 cm³/mol. The van der Waals surface area contributed by atoms with Gasteiger partial charge in [-0.25, -0.2) is 9.78 Å². The lowest BCUT2D eigenvalue weighted by atomic mass is 9.90. The molecule has 1 heterocycles. The number of phenolic OH excluding ortho intramolecular Hbond substituents is 1. The Morgan fingerprint density at radius 3 is 2.29 bits per heavy atom. The molecule has 1 saturated carbocycles. The number of aromatic hydroxyl groups is 1. The fourth-order valence-corrected chi connectivity index (χ4v) is 4.85. The van der Waals surface area contributed by atoms with Gasteiger partial charge in [-0.3, -0.25) is 9.36 Å². The molecule has 1 aromatic heterocycles. The monoisotopic (exact) mass is 502 g/mol. The van der Waals surface area contributed by atoms with Gasteiger partial charge in [-0.1, -0.05) is 36.0 Å². The van der Waals surface area contributed by atoms with E-state index in [1.54, 1.807) is 54.0 Å². The fraction of sp³-hybridized carbons (Fsp3) is 0.292. The molecule has 2 aromatic carbocycles. The van der Waals surface area contributed by atoms with E-state index in [0.29, 0.717) is 45.7 Å². The molecule has 0 radical (unpaired) electrons. The van der Waals surface area contributed by atoms with Gasteiger partial charge in [0, 0.05) is 22.3 Å². The van der Waals surface area contributed by atoms with E-state index in [1.165, 1.54) is 0 Å². The van der Waals surface area contributed by atoms with Gasteiger partial charge in [0.25, 0.3) is 5.91 Å². The number of nitrogens with zero attached hydrogens (tertiary/aromatic N) is 2. The Bertz CT molecular complexity index is 1230. The van der Waals surface area contributed by atoms with Crippen molar-refractivity contribution >= 4 is 35.2 Å². The minimum atomic E-state index is -1.11. The molecule has 34 heavy (non-hydrogen) atoms. The van der Waals surface area contributed by atoms with Crippen molar-refractivity contribution in [1.29, 1.82) is 0 Å². The van der Waals surface area contributed by atoms with E-state index < -0.39 is 12.0 Å². The highest BCUT2D eigenvalue weighted by molar-refractivity contribution is 6.36. The van der Waals surface area contributed by atoms with Crippen LogP contribution in [0.25, 0.3) is 17.1 Å². The van der Waals surface area contributed by atoms with Crippen LogP contribution in [0.3, 0.4) is 0 Å². The maximum atomic E-state index is 13.3. The van der Waals surface area contributed by atoms with Gasteiger partial charge in [-0.2, -0.15) is 0 Å². The second kappa shape index (κ2) is 9.95. The Kier molecular flexibility index (Phi) is 7.00. The molecule has 8 nitrogen and oxygen atoms in total. The molecule has 178 valence electrons. The average Bonchev–Trinajstić information content (AvgIpc) is 3.12. The van der Waals surface area contributed by atoms with Gasteiger partial charge in [0.05, 0.1) is 16.8 Å². The zero-order valence-electron chi connectivity index (χ0n) is 18.4. The minimum absolute atomic E-state index is 0.111. The van der Waals surface area contributed by atoms with Crippen LogP contribution in [-0.2, 0) is 0 Å². The summed E-state index contributed by atoms with van der Waals surface area (Å²) in [6.45, 7) is 1.77. The summed E-state index contributed by atoms with van der Waals surface area (Å²) >= 11 is 12.5. The van der Waals surface area contributed by atoms with E-state index in [-0.39, 0.29) is 23.5 Å². The summed E-state index contributed by atoms with van der Waals surface area (Å²) in [6, 6.07) is 10.9. The van der Waals surface area contributed by atoms with Crippen molar-refractivity contribution in [2.45, 2.75) is 44.7 Å². The number of halogens is 2. The molecule has 4 N–H and O–H groups in total. The molecule has 2 atom stereocenters. The number of carbonyl (C=O) groups is 2. The third-order valence-electron chi connectivity index (χ3n) is 5.99. The Hall–Kier alpha value is -3.23. The molecular formula is C24H24Cl2N4O4. The largest absolute Gasteiger partial charge is 0.508 e. The van der Waals surface area contributed by atoms with Crippen LogP contribution in [0, 0.1) is 6.92 Å². The van der Waals surface area contributed by atoms with Gasteiger partial charge in [0.1, 0.15) is 17.3 Å². The highest BCUT2D eigenvalue weighted by atomic mass is 35.5. The maximum Gasteiger partial charge on any atom is 0.404 e. The first-order chi connectivity index (χ1) is 16.2. The second-order valence-corrected chi connectivity index (χ2v) is 9.11. The number of hydrogen-bond acceptors (Lipinski definition) is 4. The van der Waals surface area contributed by atoms with Crippen molar-refractivity contribution in [2.24, 2.45) is 0 Å². The molecule has 0 aliphatic heterocycles. The molecule has 3 aromatic rings. The zero-order valence-corrected chi connectivity index (χ0v) is 19.9. The molecule has 1 aliphatic carbocycles. The number of phenols is 1. The third-order valence-corrected chi connectivity index (χ3v) is 6.54. The van der Waals surface area contributed by atoms with E-state index in [1.807, 2.05) is 0 Å². The third kappa shape index (κ3) is 4.98. The zero-order chi connectivity index (χ0) is 24.4. The summed E-state index contributed by atoms with van der Waals surface area (Å²) in [5.74, 6) is 0.157. The molecule has 4 rings (SSSR count). The molecule has 1 fully saturated rings. The molecule has 0 saturated heterocycles. The Balaban J connectivity index is 1.75. The Morgan fingerprint density at radius 2 is 1.68 bits per heavy atom. The molecular weight excluding hydrogens is 479 g/mol. The van der Waals surface area contributed by atoms with Crippen LogP contribution in [0.5, 0.6) is 5.75 Å². The normalized spacial score (nSPS) is 17.9. The van der Waals surface area contributed by atoms with Crippen LogP contribution in [0.2, 0.25) is 10.0 Å². The highest BCUT2D eigenvalue weighted by Gasteiger charge is 2.30. The van der Waals surface area contributed by atoms with E-state index in [4.69, 9.17) is 28.3 Å². The van der Waals surface area contributed by atoms with Gasteiger partial charge in [-0.15, -0.1) is 0 Å². The number of aromatic nitrogens is 2. The summed E-state index contributed by atoms with van der Waals surface area (Å²) in [6.07, 6.45) is 2.01. The van der Waals surface area contributed by atoms with E-state index >= 15 is 0 Å². The lowest BCUT2D eigenvalue weighted by Crippen LogP contribution is -2.53.